The number of hydrogen-bond acceptors (Lipinski definition) is 3. The van der Waals surface area contributed by atoms with Gasteiger partial charge in [0.05, 0.1) is 14.2 Å². The molecular weight excluding hydrogens is 238 g/mol. The van der Waals surface area contributed by atoms with Gasteiger partial charge in [-0.05, 0) is 25.7 Å². The van der Waals surface area contributed by atoms with Gasteiger partial charge >= 0.3 is 0 Å². The first-order valence-electron chi connectivity index (χ1n) is 6.66. The van der Waals surface area contributed by atoms with Gasteiger partial charge in [0, 0.05) is 29.4 Å². The van der Waals surface area contributed by atoms with Crippen molar-refractivity contribution in [2.45, 2.75) is 46.6 Å². The Morgan fingerprint density at radius 1 is 0.895 bits per heavy atom. The number of rotatable bonds is 5. The Kier molecular flexibility index (Phi) is 4.72. The highest BCUT2D eigenvalue weighted by Gasteiger charge is 2.25. The Morgan fingerprint density at radius 3 is 1.74 bits per heavy atom. The van der Waals surface area contributed by atoms with Crippen molar-refractivity contribution in [2.24, 2.45) is 5.41 Å². The van der Waals surface area contributed by atoms with Crippen molar-refractivity contribution in [1.82, 2.24) is 0 Å². The van der Waals surface area contributed by atoms with Crippen LogP contribution in [0.2, 0.25) is 0 Å². The van der Waals surface area contributed by atoms with E-state index in [-0.39, 0.29) is 11.0 Å². The molecule has 0 aliphatic carbocycles. The zero-order valence-corrected chi connectivity index (χ0v) is 13.3. The van der Waals surface area contributed by atoms with Gasteiger partial charge < -0.3 is 14.8 Å². The van der Waals surface area contributed by atoms with Crippen molar-refractivity contribution in [3.8, 4) is 11.5 Å². The molecule has 0 saturated heterocycles. The van der Waals surface area contributed by atoms with E-state index in [4.69, 9.17) is 9.47 Å². The Balaban J connectivity index is 2.91. The van der Waals surface area contributed by atoms with Crippen molar-refractivity contribution in [3.05, 3.63) is 18.2 Å². The maximum Gasteiger partial charge on any atom is 0.124 e. The molecule has 0 unspecified atom stereocenters. The number of nitrogens with one attached hydrogen (secondary N) is 1. The molecule has 0 radical (unpaired) electrons. The average molecular weight is 265 g/mol. The molecule has 3 nitrogen and oxygen atoms in total. The van der Waals surface area contributed by atoms with Crippen LogP contribution in [-0.4, -0.2) is 19.8 Å². The van der Waals surface area contributed by atoms with Gasteiger partial charge in [-0.15, -0.1) is 0 Å². The monoisotopic (exact) mass is 265 g/mol. The molecule has 1 N–H and O–H groups in total. The number of benzene rings is 1. The van der Waals surface area contributed by atoms with E-state index in [0.717, 1.165) is 23.6 Å². The summed E-state index contributed by atoms with van der Waals surface area (Å²) in [5.74, 6) is 1.60. The molecule has 0 bridgehead atoms. The summed E-state index contributed by atoms with van der Waals surface area (Å²) in [6.45, 7) is 11.2. The van der Waals surface area contributed by atoms with E-state index < -0.39 is 0 Å². The molecule has 0 saturated carbocycles. The first kappa shape index (κ1) is 15.7. The van der Waals surface area contributed by atoms with E-state index in [1.807, 2.05) is 18.2 Å². The van der Waals surface area contributed by atoms with Crippen LogP contribution in [0.5, 0.6) is 11.5 Å². The molecule has 0 aliphatic rings. The second-order valence-corrected chi connectivity index (χ2v) is 6.85. The summed E-state index contributed by atoms with van der Waals surface area (Å²) in [6, 6.07) is 5.86. The van der Waals surface area contributed by atoms with E-state index in [2.05, 4.69) is 39.9 Å². The van der Waals surface area contributed by atoms with E-state index in [0.29, 0.717) is 0 Å². The third-order valence-corrected chi connectivity index (χ3v) is 2.81. The minimum atomic E-state index is 0.00955. The van der Waals surface area contributed by atoms with Crippen molar-refractivity contribution < 1.29 is 9.47 Å². The van der Waals surface area contributed by atoms with Crippen molar-refractivity contribution in [3.63, 3.8) is 0 Å². The molecule has 0 atom stereocenters. The largest absolute Gasteiger partial charge is 0.497 e. The van der Waals surface area contributed by atoms with Crippen LogP contribution >= 0.6 is 0 Å². The molecule has 0 aliphatic heterocycles. The van der Waals surface area contributed by atoms with Crippen molar-refractivity contribution in [2.75, 3.05) is 19.5 Å². The molecule has 3 heteroatoms. The maximum atomic E-state index is 5.29. The number of methoxy groups -OCH3 is 2. The van der Waals surface area contributed by atoms with Crippen LogP contribution in [-0.2, 0) is 0 Å². The summed E-state index contributed by atoms with van der Waals surface area (Å²) in [4.78, 5) is 0. The number of hydrogen-bond donors (Lipinski definition) is 1. The molecule has 108 valence electrons. The molecule has 1 aromatic carbocycles. The minimum Gasteiger partial charge on any atom is -0.497 e. The Labute approximate surface area is 117 Å². The van der Waals surface area contributed by atoms with Crippen LogP contribution in [0.4, 0.5) is 5.69 Å². The standard InChI is InChI=1S/C16H27NO2/c1-15(2,3)11-16(4,5)17-12-8-13(18-6)10-14(9-12)19-7/h8-10,17H,11H2,1-7H3. The maximum absolute atomic E-state index is 5.29. The Bertz CT molecular complexity index is 397. The highest BCUT2D eigenvalue weighted by molar-refractivity contribution is 5.55. The lowest BCUT2D eigenvalue weighted by atomic mass is 9.81. The predicted molar refractivity (Wildman–Crippen MR) is 81.3 cm³/mol. The average Bonchev–Trinajstić information content (AvgIpc) is 2.24. The normalized spacial score (nSPS) is 12.2. The van der Waals surface area contributed by atoms with Crippen molar-refractivity contribution in [1.29, 1.82) is 0 Å². The van der Waals surface area contributed by atoms with Gasteiger partial charge in [-0.1, -0.05) is 20.8 Å². The van der Waals surface area contributed by atoms with Gasteiger partial charge in [-0.3, -0.25) is 0 Å². The molecule has 0 spiro atoms. The van der Waals surface area contributed by atoms with E-state index in [1.54, 1.807) is 14.2 Å². The Hall–Kier alpha value is -1.38. The first-order chi connectivity index (χ1) is 8.65. The number of ether oxygens (including phenoxy) is 2. The van der Waals surface area contributed by atoms with E-state index in [9.17, 15) is 0 Å². The van der Waals surface area contributed by atoms with Crippen LogP contribution in [0.3, 0.4) is 0 Å². The lowest BCUT2D eigenvalue weighted by Crippen LogP contribution is -2.35. The second kappa shape index (κ2) is 5.72. The summed E-state index contributed by atoms with van der Waals surface area (Å²) in [5, 5.41) is 3.56. The van der Waals surface area contributed by atoms with Gasteiger partial charge in [-0.25, -0.2) is 0 Å². The highest BCUT2D eigenvalue weighted by atomic mass is 16.5. The molecule has 0 amide bonds. The third-order valence-electron chi connectivity index (χ3n) is 2.81. The number of anilines is 1. The van der Waals surface area contributed by atoms with Gasteiger partial charge in [0.2, 0.25) is 0 Å². The fourth-order valence-corrected chi connectivity index (χ4v) is 2.64. The lowest BCUT2D eigenvalue weighted by Gasteiger charge is -2.34. The second-order valence-electron chi connectivity index (χ2n) is 6.85. The molecule has 19 heavy (non-hydrogen) atoms. The first-order valence-corrected chi connectivity index (χ1v) is 6.66. The van der Waals surface area contributed by atoms with Gasteiger partial charge in [0.15, 0.2) is 0 Å². The quantitative estimate of drug-likeness (QED) is 0.859. The van der Waals surface area contributed by atoms with Gasteiger partial charge in [0.1, 0.15) is 11.5 Å². The van der Waals surface area contributed by atoms with Gasteiger partial charge in [-0.2, -0.15) is 0 Å². The smallest absolute Gasteiger partial charge is 0.124 e. The summed E-state index contributed by atoms with van der Waals surface area (Å²) >= 11 is 0. The van der Waals surface area contributed by atoms with Gasteiger partial charge in [0.25, 0.3) is 0 Å². The summed E-state index contributed by atoms with van der Waals surface area (Å²) in [5.41, 5.74) is 1.31. The predicted octanol–water partition coefficient (Wildman–Crippen LogP) is 4.33. The van der Waals surface area contributed by atoms with Crippen LogP contribution in [0.1, 0.15) is 41.0 Å². The summed E-state index contributed by atoms with van der Waals surface area (Å²) < 4.78 is 10.6. The molecule has 1 aromatic rings. The van der Waals surface area contributed by atoms with E-state index >= 15 is 0 Å². The highest BCUT2D eigenvalue weighted by Crippen LogP contribution is 2.32. The zero-order chi connectivity index (χ0) is 14.7. The summed E-state index contributed by atoms with van der Waals surface area (Å²) in [7, 11) is 3.33. The van der Waals surface area contributed by atoms with Crippen LogP contribution in [0, 0.1) is 5.41 Å². The topological polar surface area (TPSA) is 30.5 Å². The fraction of sp³-hybridized carbons (Fsp3) is 0.625. The molecule has 0 fully saturated rings. The molecular formula is C16H27NO2. The fourth-order valence-electron chi connectivity index (χ4n) is 2.64. The third kappa shape index (κ3) is 5.41. The zero-order valence-electron chi connectivity index (χ0n) is 13.3. The molecule has 1 rings (SSSR count). The van der Waals surface area contributed by atoms with Crippen LogP contribution in [0.25, 0.3) is 0 Å². The summed E-state index contributed by atoms with van der Waals surface area (Å²) in [6.07, 6.45) is 1.07. The lowest BCUT2D eigenvalue weighted by molar-refractivity contribution is 0.302. The SMILES string of the molecule is COc1cc(NC(C)(C)CC(C)(C)C)cc(OC)c1. The minimum absolute atomic E-state index is 0.00955. The van der Waals surface area contributed by atoms with E-state index in [1.165, 1.54) is 0 Å². The molecule has 0 heterocycles. The molecule has 0 aromatic heterocycles. The Morgan fingerprint density at radius 2 is 1.37 bits per heavy atom. The van der Waals surface area contributed by atoms with Crippen LogP contribution < -0.4 is 14.8 Å². The van der Waals surface area contributed by atoms with Crippen molar-refractivity contribution >= 4 is 5.69 Å². The van der Waals surface area contributed by atoms with Crippen LogP contribution in [0.15, 0.2) is 18.2 Å².